The van der Waals surface area contributed by atoms with Crippen LogP contribution in [0.25, 0.3) is 6.08 Å². The van der Waals surface area contributed by atoms with E-state index in [1.54, 1.807) is 12.1 Å². The second-order valence-electron chi connectivity index (χ2n) is 2.83. The van der Waals surface area contributed by atoms with E-state index in [0.29, 0.717) is 11.5 Å². The van der Waals surface area contributed by atoms with Gasteiger partial charge in [0, 0.05) is 6.92 Å². The van der Waals surface area contributed by atoms with Gasteiger partial charge in [0.2, 0.25) is 0 Å². The summed E-state index contributed by atoms with van der Waals surface area (Å²) in [4.78, 5) is 10.9. The molecule has 1 aromatic carbocycles. The van der Waals surface area contributed by atoms with Crippen molar-refractivity contribution in [1.82, 2.24) is 0 Å². The van der Waals surface area contributed by atoms with E-state index in [1.165, 1.54) is 14.0 Å². The van der Waals surface area contributed by atoms with Gasteiger partial charge in [-0.05, 0) is 40.3 Å². The number of carbonyl (C=O) groups is 1. The van der Waals surface area contributed by atoms with Gasteiger partial charge in [0.05, 0.1) is 10.7 Å². The molecule has 1 rings (SSSR count). The second-order valence-corrected chi connectivity index (χ2v) is 3.99. The molecule has 0 fully saturated rings. The highest BCUT2D eigenvalue weighted by molar-refractivity contribution is 14.1. The molecule has 15 heavy (non-hydrogen) atoms. The van der Waals surface area contributed by atoms with Crippen LogP contribution in [0, 0.1) is 3.57 Å². The van der Waals surface area contributed by atoms with E-state index < -0.39 is 0 Å². The third kappa shape index (κ3) is 2.95. The molecule has 0 aliphatic carbocycles. The molecule has 0 aliphatic rings. The van der Waals surface area contributed by atoms with Gasteiger partial charge >= 0.3 is 5.97 Å². The highest BCUT2D eigenvalue weighted by Crippen LogP contribution is 2.34. The highest BCUT2D eigenvalue weighted by Gasteiger charge is 2.12. The minimum atomic E-state index is -0.363. The van der Waals surface area contributed by atoms with E-state index in [2.05, 4.69) is 29.2 Å². The van der Waals surface area contributed by atoms with Crippen LogP contribution in [-0.4, -0.2) is 13.1 Å². The maximum absolute atomic E-state index is 10.9. The molecular formula is C11H11IO3. The summed E-state index contributed by atoms with van der Waals surface area (Å²) < 4.78 is 11.0. The predicted octanol–water partition coefficient (Wildman–Crippen LogP) is 2.87. The molecule has 0 radical (unpaired) electrons. The topological polar surface area (TPSA) is 35.5 Å². The van der Waals surface area contributed by atoms with Gasteiger partial charge in [0.25, 0.3) is 0 Å². The summed E-state index contributed by atoms with van der Waals surface area (Å²) in [6.07, 6.45) is 1.71. The minimum absolute atomic E-state index is 0.363. The molecule has 0 N–H and O–H groups in total. The number of halogens is 1. The molecule has 3 nitrogen and oxygen atoms in total. The number of hydrogen-bond donors (Lipinski definition) is 0. The molecule has 4 heteroatoms. The van der Waals surface area contributed by atoms with E-state index in [1.807, 2.05) is 6.07 Å². The third-order valence-electron chi connectivity index (χ3n) is 1.73. The first-order valence-corrected chi connectivity index (χ1v) is 5.34. The number of rotatable bonds is 3. The van der Waals surface area contributed by atoms with Crippen LogP contribution in [0.15, 0.2) is 18.7 Å². The average Bonchev–Trinajstić information content (AvgIpc) is 2.20. The van der Waals surface area contributed by atoms with E-state index in [0.717, 1.165) is 9.13 Å². The van der Waals surface area contributed by atoms with Gasteiger partial charge in [-0.3, -0.25) is 4.79 Å². The largest absolute Gasteiger partial charge is 0.493 e. The zero-order chi connectivity index (χ0) is 11.4. The van der Waals surface area contributed by atoms with Crippen LogP contribution < -0.4 is 9.47 Å². The van der Waals surface area contributed by atoms with Crippen molar-refractivity contribution < 1.29 is 14.3 Å². The quantitative estimate of drug-likeness (QED) is 0.488. The van der Waals surface area contributed by atoms with E-state index in [4.69, 9.17) is 9.47 Å². The number of methoxy groups -OCH3 is 1. The number of benzene rings is 1. The van der Waals surface area contributed by atoms with Crippen molar-refractivity contribution in [2.45, 2.75) is 6.92 Å². The standard InChI is InChI=1S/C11H11IO3/c1-4-8-5-9(12)11(15-7(2)13)10(6-8)14-3/h4-6H,1H2,2-3H3. The predicted molar refractivity (Wildman–Crippen MR) is 67.1 cm³/mol. The van der Waals surface area contributed by atoms with Crippen LogP contribution in [0.2, 0.25) is 0 Å². The lowest BCUT2D eigenvalue weighted by molar-refractivity contribution is -0.132. The molecule has 0 unspecified atom stereocenters. The molecule has 0 spiro atoms. The summed E-state index contributed by atoms with van der Waals surface area (Å²) in [6, 6.07) is 3.64. The number of esters is 1. The molecule has 0 heterocycles. The summed E-state index contributed by atoms with van der Waals surface area (Å²) >= 11 is 2.09. The van der Waals surface area contributed by atoms with Crippen LogP contribution in [0.3, 0.4) is 0 Å². The molecule has 0 saturated carbocycles. The first-order chi connectivity index (χ1) is 7.08. The molecule has 0 amide bonds. The molecular weight excluding hydrogens is 307 g/mol. The van der Waals surface area contributed by atoms with E-state index in [9.17, 15) is 4.79 Å². The van der Waals surface area contributed by atoms with Crippen molar-refractivity contribution in [3.8, 4) is 11.5 Å². The minimum Gasteiger partial charge on any atom is -0.493 e. The maximum Gasteiger partial charge on any atom is 0.308 e. The monoisotopic (exact) mass is 318 g/mol. The average molecular weight is 318 g/mol. The van der Waals surface area contributed by atoms with Gasteiger partial charge < -0.3 is 9.47 Å². The van der Waals surface area contributed by atoms with Crippen LogP contribution in [0.1, 0.15) is 12.5 Å². The smallest absolute Gasteiger partial charge is 0.308 e. The number of ether oxygens (including phenoxy) is 2. The van der Waals surface area contributed by atoms with Gasteiger partial charge in [-0.1, -0.05) is 12.7 Å². The van der Waals surface area contributed by atoms with Crippen molar-refractivity contribution in [2.75, 3.05) is 7.11 Å². The van der Waals surface area contributed by atoms with Crippen molar-refractivity contribution in [2.24, 2.45) is 0 Å². The molecule has 0 bridgehead atoms. The van der Waals surface area contributed by atoms with Gasteiger partial charge in [0.15, 0.2) is 11.5 Å². The van der Waals surface area contributed by atoms with Crippen LogP contribution >= 0.6 is 22.6 Å². The van der Waals surface area contributed by atoms with Crippen molar-refractivity contribution in [3.63, 3.8) is 0 Å². The highest BCUT2D eigenvalue weighted by atomic mass is 127. The normalized spacial score (nSPS) is 9.53. The summed E-state index contributed by atoms with van der Waals surface area (Å²) in [5.41, 5.74) is 0.923. The first kappa shape index (κ1) is 12.0. The Labute approximate surface area is 102 Å². The fourth-order valence-corrected chi connectivity index (χ4v) is 1.84. The van der Waals surface area contributed by atoms with Gasteiger partial charge in [-0.25, -0.2) is 0 Å². The Morgan fingerprint density at radius 3 is 2.67 bits per heavy atom. The summed E-state index contributed by atoms with van der Waals surface area (Å²) in [5.74, 6) is 0.626. The number of carbonyl (C=O) groups excluding carboxylic acids is 1. The Morgan fingerprint density at radius 2 is 2.20 bits per heavy atom. The van der Waals surface area contributed by atoms with Crippen LogP contribution in [-0.2, 0) is 4.79 Å². The van der Waals surface area contributed by atoms with Gasteiger partial charge in [0.1, 0.15) is 0 Å². The lowest BCUT2D eigenvalue weighted by Gasteiger charge is -2.10. The fraction of sp³-hybridized carbons (Fsp3) is 0.182. The van der Waals surface area contributed by atoms with Crippen molar-refractivity contribution >= 4 is 34.6 Å². The molecule has 0 aromatic heterocycles. The van der Waals surface area contributed by atoms with Gasteiger partial charge in [-0.2, -0.15) is 0 Å². The van der Waals surface area contributed by atoms with E-state index in [-0.39, 0.29) is 5.97 Å². The Hall–Kier alpha value is -1.04. The van der Waals surface area contributed by atoms with Crippen LogP contribution in [0.5, 0.6) is 11.5 Å². The molecule has 1 aromatic rings. The summed E-state index contributed by atoms with van der Waals surface area (Å²) in [6.45, 7) is 5.03. The van der Waals surface area contributed by atoms with Crippen molar-refractivity contribution in [1.29, 1.82) is 0 Å². The zero-order valence-electron chi connectivity index (χ0n) is 8.54. The zero-order valence-corrected chi connectivity index (χ0v) is 10.7. The Morgan fingerprint density at radius 1 is 1.53 bits per heavy atom. The SMILES string of the molecule is C=Cc1cc(I)c(OC(C)=O)c(OC)c1. The Kier molecular flexibility index (Phi) is 4.14. The fourth-order valence-electron chi connectivity index (χ4n) is 1.10. The first-order valence-electron chi connectivity index (χ1n) is 4.27. The summed E-state index contributed by atoms with van der Waals surface area (Å²) in [5, 5.41) is 0. The van der Waals surface area contributed by atoms with Crippen LogP contribution in [0.4, 0.5) is 0 Å². The lowest BCUT2D eigenvalue weighted by atomic mass is 10.2. The Bertz CT molecular complexity index is 399. The van der Waals surface area contributed by atoms with Gasteiger partial charge in [-0.15, -0.1) is 0 Å². The van der Waals surface area contributed by atoms with Crippen molar-refractivity contribution in [3.05, 3.63) is 27.8 Å². The van der Waals surface area contributed by atoms with E-state index >= 15 is 0 Å². The second kappa shape index (κ2) is 5.16. The lowest BCUT2D eigenvalue weighted by Crippen LogP contribution is -2.04. The molecule has 0 saturated heterocycles. The third-order valence-corrected chi connectivity index (χ3v) is 2.53. The maximum atomic E-state index is 10.9. The molecule has 0 atom stereocenters. The molecule has 80 valence electrons. The Balaban J connectivity index is 3.23. The molecule has 0 aliphatic heterocycles. The summed E-state index contributed by atoms with van der Waals surface area (Å²) in [7, 11) is 1.53. The number of hydrogen-bond acceptors (Lipinski definition) is 3.